The third-order valence-electron chi connectivity index (χ3n) is 3.20. The maximum Gasteiger partial charge on any atom is 0.137 e. The first-order valence-corrected chi connectivity index (χ1v) is 6.87. The molecule has 3 heteroatoms. The van der Waals surface area contributed by atoms with Gasteiger partial charge in [0.2, 0.25) is 0 Å². The van der Waals surface area contributed by atoms with Gasteiger partial charge in [0.25, 0.3) is 0 Å². The lowest BCUT2D eigenvalue weighted by molar-refractivity contribution is 0.415. The summed E-state index contributed by atoms with van der Waals surface area (Å²) in [5.74, 6) is 0.725. The van der Waals surface area contributed by atoms with Gasteiger partial charge in [0.1, 0.15) is 5.75 Å². The second-order valence-corrected chi connectivity index (χ2v) is 5.11. The summed E-state index contributed by atoms with van der Waals surface area (Å²) in [6.45, 7) is 3.16. The number of hydrogen-bond donors (Lipinski definition) is 1. The Labute approximate surface area is 114 Å². The van der Waals surface area contributed by atoms with Crippen molar-refractivity contribution in [1.82, 2.24) is 5.32 Å². The number of benzene rings is 1. The van der Waals surface area contributed by atoms with Crippen LogP contribution in [0.15, 0.2) is 23.8 Å². The fourth-order valence-electron chi connectivity index (χ4n) is 1.85. The average Bonchev–Trinajstić information content (AvgIpc) is 3.18. The molecule has 0 atom stereocenters. The minimum absolute atomic E-state index is 0.664. The predicted octanol–water partition coefficient (Wildman–Crippen LogP) is 3.89. The lowest BCUT2D eigenvalue weighted by atomic mass is 10.1. The van der Waals surface area contributed by atoms with Gasteiger partial charge in [-0.05, 0) is 37.0 Å². The van der Waals surface area contributed by atoms with Crippen LogP contribution in [0.5, 0.6) is 5.75 Å². The van der Waals surface area contributed by atoms with E-state index in [0.717, 1.165) is 30.3 Å². The third kappa shape index (κ3) is 3.76. The Morgan fingerprint density at radius 3 is 2.83 bits per heavy atom. The van der Waals surface area contributed by atoms with Crippen molar-refractivity contribution in [3.05, 3.63) is 34.4 Å². The average molecular weight is 266 g/mol. The van der Waals surface area contributed by atoms with E-state index in [1.54, 1.807) is 7.11 Å². The van der Waals surface area contributed by atoms with Gasteiger partial charge < -0.3 is 10.1 Å². The number of hydrogen-bond acceptors (Lipinski definition) is 2. The molecule has 0 unspecified atom stereocenters. The Morgan fingerprint density at radius 1 is 1.50 bits per heavy atom. The zero-order valence-electron chi connectivity index (χ0n) is 11.0. The highest BCUT2D eigenvalue weighted by Crippen LogP contribution is 2.26. The standard InChI is InChI=1S/C15H20ClNO/c1-3-11(10-17-13-5-6-13)8-12-4-7-15(18-2)14(16)9-12/h4,7-9,13,17H,3,5-6,10H2,1-2H3. The monoisotopic (exact) mass is 265 g/mol. The fraction of sp³-hybridized carbons (Fsp3) is 0.467. The van der Waals surface area contributed by atoms with E-state index in [0.29, 0.717) is 5.02 Å². The number of rotatable bonds is 6. The van der Waals surface area contributed by atoms with E-state index in [9.17, 15) is 0 Å². The van der Waals surface area contributed by atoms with E-state index >= 15 is 0 Å². The zero-order chi connectivity index (χ0) is 13.0. The zero-order valence-corrected chi connectivity index (χ0v) is 11.8. The lowest BCUT2D eigenvalue weighted by Gasteiger charge is -2.08. The van der Waals surface area contributed by atoms with Crippen molar-refractivity contribution >= 4 is 17.7 Å². The van der Waals surface area contributed by atoms with Crippen LogP contribution in [-0.2, 0) is 0 Å². The van der Waals surface area contributed by atoms with Crippen molar-refractivity contribution in [3.63, 3.8) is 0 Å². The van der Waals surface area contributed by atoms with Gasteiger partial charge in [0.15, 0.2) is 0 Å². The molecule has 98 valence electrons. The molecule has 1 fully saturated rings. The van der Waals surface area contributed by atoms with Crippen LogP contribution < -0.4 is 10.1 Å². The third-order valence-corrected chi connectivity index (χ3v) is 3.49. The molecule has 1 aliphatic rings. The van der Waals surface area contributed by atoms with Crippen LogP contribution >= 0.6 is 11.6 Å². The number of halogens is 1. The van der Waals surface area contributed by atoms with Crippen molar-refractivity contribution in [1.29, 1.82) is 0 Å². The number of methoxy groups -OCH3 is 1. The van der Waals surface area contributed by atoms with Crippen LogP contribution in [-0.4, -0.2) is 19.7 Å². The summed E-state index contributed by atoms with van der Waals surface area (Å²) < 4.78 is 5.15. The normalized spacial score (nSPS) is 15.8. The minimum atomic E-state index is 0.664. The molecule has 1 aromatic rings. The van der Waals surface area contributed by atoms with E-state index < -0.39 is 0 Å². The number of ether oxygens (including phenoxy) is 1. The minimum Gasteiger partial charge on any atom is -0.495 e. The molecule has 0 aliphatic heterocycles. The second-order valence-electron chi connectivity index (χ2n) is 4.71. The maximum absolute atomic E-state index is 6.12. The van der Waals surface area contributed by atoms with Crippen molar-refractivity contribution in [3.8, 4) is 5.75 Å². The van der Waals surface area contributed by atoms with Gasteiger partial charge in [0, 0.05) is 12.6 Å². The largest absolute Gasteiger partial charge is 0.495 e. The molecular formula is C15H20ClNO. The summed E-state index contributed by atoms with van der Waals surface area (Å²) >= 11 is 6.12. The summed E-state index contributed by atoms with van der Waals surface area (Å²) in [6.07, 6.45) is 5.92. The lowest BCUT2D eigenvalue weighted by Crippen LogP contribution is -2.18. The van der Waals surface area contributed by atoms with E-state index in [2.05, 4.69) is 18.3 Å². The van der Waals surface area contributed by atoms with Crippen LogP contribution in [0.2, 0.25) is 5.02 Å². The Morgan fingerprint density at radius 2 is 2.28 bits per heavy atom. The first-order valence-electron chi connectivity index (χ1n) is 6.49. The van der Waals surface area contributed by atoms with Crippen molar-refractivity contribution in [2.45, 2.75) is 32.2 Å². The van der Waals surface area contributed by atoms with Gasteiger partial charge in [-0.25, -0.2) is 0 Å². The molecule has 18 heavy (non-hydrogen) atoms. The summed E-state index contributed by atoms with van der Waals surface area (Å²) in [5.41, 5.74) is 2.54. The van der Waals surface area contributed by atoms with Crippen LogP contribution in [0.1, 0.15) is 31.7 Å². The summed E-state index contributed by atoms with van der Waals surface area (Å²) in [7, 11) is 1.63. The fourth-order valence-corrected chi connectivity index (χ4v) is 2.12. The van der Waals surface area contributed by atoms with Gasteiger partial charge in [0.05, 0.1) is 12.1 Å². The molecule has 0 amide bonds. The molecule has 2 nitrogen and oxygen atoms in total. The highest BCUT2D eigenvalue weighted by Gasteiger charge is 2.20. The molecule has 0 saturated heterocycles. The Bertz CT molecular complexity index is 438. The Balaban J connectivity index is 2.05. The molecule has 0 spiro atoms. The molecule has 1 aliphatic carbocycles. The van der Waals surface area contributed by atoms with Gasteiger partial charge >= 0.3 is 0 Å². The van der Waals surface area contributed by atoms with Crippen LogP contribution in [0.25, 0.3) is 6.08 Å². The van der Waals surface area contributed by atoms with Gasteiger partial charge in [-0.1, -0.05) is 36.2 Å². The quantitative estimate of drug-likeness (QED) is 0.842. The molecule has 1 aromatic carbocycles. The van der Waals surface area contributed by atoms with Crippen molar-refractivity contribution in [2.24, 2.45) is 0 Å². The highest BCUT2D eigenvalue weighted by molar-refractivity contribution is 6.32. The second kappa shape index (κ2) is 6.26. The summed E-state index contributed by atoms with van der Waals surface area (Å²) in [6, 6.07) is 6.65. The summed E-state index contributed by atoms with van der Waals surface area (Å²) in [5, 5.41) is 4.20. The smallest absolute Gasteiger partial charge is 0.137 e. The van der Waals surface area contributed by atoms with Gasteiger partial charge in [-0.15, -0.1) is 0 Å². The van der Waals surface area contributed by atoms with Crippen LogP contribution in [0.4, 0.5) is 0 Å². The SMILES string of the molecule is CCC(=Cc1ccc(OC)c(Cl)c1)CNC1CC1. The molecule has 1 N–H and O–H groups in total. The first kappa shape index (κ1) is 13.4. The molecule has 2 rings (SSSR count). The van der Waals surface area contributed by atoms with E-state index in [4.69, 9.17) is 16.3 Å². The topological polar surface area (TPSA) is 21.3 Å². The summed E-state index contributed by atoms with van der Waals surface area (Å²) in [4.78, 5) is 0. The molecule has 0 heterocycles. The first-order chi connectivity index (χ1) is 8.72. The Kier molecular flexibility index (Phi) is 4.67. The highest BCUT2D eigenvalue weighted by atomic mass is 35.5. The van der Waals surface area contributed by atoms with E-state index in [-0.39, 0.29) is 0 Å². The molecule has 1 saturated carbocycles. The van der Waals surface area contributed by atoms with Crippen LogP contribution in [0, 0.1) is 0 Å². The molecule has 0 aromatic heterocycles. The maximum atomic E-state index is 6.12. The van der Waals surface area contributed by atoms with E-state index in [1.165, 1.54) is 18.4 Å². The van der Waals surface area contributed by atoms with Crippen LogP contribution in [0.3, 0.4) is 0 Å². The molecular weight excluding hydrogens is 246 g/mol. The van der Waals surface area contributed by atoms with Crippen molar-refractivity contribution in [2.75, 3.05) is 13.7 Å². The number of nitrogens with one attached hydrogen (secondary N) is 1. The predicted molar refractivity (Wildman–Crippen MR) is 77.3 cm³/mol. The van der Waals surface area contributed by atoms with Gasteiger partial charge in [-0.3, -0.25) is 0 Å². The Hall–Kier alpha value is -0.990. The van der Waals surface area contributed by atoms with Gasteiger partial charge in [-0.2, -0.15) is 0 Å². The molecule has 0 bridgehead atoms. The van der Waals surface area contributed by atoms with Crippen molar-refractivity contribution < 1.29 is 4.74 Å². The molecule has 0 radical (unpaired) electrons. The van der Waals surface area contributed by atoms with E-state index in [1.807, 2.05) is 18.2 Å².